The molecule has 0 saturated carbocycles. The summed E-state index contributed by atoms with van der Waals surface area (Å²) < 4.78 is 4.44. The van der Waals surface area contributed by atoms with Gasteiger partial charge < -0.3 is 10.1 Å². The van der Waals surface area contributed by atoms with E-state index in [0.29, 0.717) is 6.61 Å². The number of nitrogens with one attached hydrogen (secondary N) is 1. The van der Waals surface area contributed by atoms with Gasteiger partial charge in [0.15, 0.2) is 0 Å². The van der Waals surface area contributed by atoms with Crippen molar-refractivity contribution in [1.82, 2.24) is 5.32 Å². The van der Waals surface area contributed by atoms with E-state index in [1.54, 1.807) is 6.92 Å². The van der Waals surface area contributed by atoms with Crippen molar-refractivity contribution < 1.29 is 9.53 Å². The van der Waals surface area contributed by atoms with Crippen LogP contribution in [0.3, 0.4) is 0 Å². The molecule has 0 unspecified atom stereocenters. The average Bonchev–Trinajstić information content (AvgIpc) is 2.22. The number of hydrogen-bond acceptors (Lipinski definition) is 2. The molecule has 0 atom stereocenters. The second-order valence-electron chi connectivity index (χ2n) is 2.13. The quantitative estimate of drug-likeness (QED) is 0.720. The highest BCUT2D eigenvalue weighted by atomic mass is 16.5. The molecular weight excluding hydrogens is 166 g/mol. The van der Waals surface area contributed by atoms with E-state index in [1.807, 2.05) is 36.4 Å². The molecule has 1 amide bonds. The van der Waals surface area contributed by atoms with Crippen LogP contribution in [0.15, 0.2) is 36.4 Å². The van der Waals surface area contributed by atoms with Crippen molar-refractivity contribution in [2.24, 2.45) is 0 Å². The minimum absolute atomic E-state index is 0.373. The minimum Gasteiger partial charge on any atom is -0.450 e. The summed E-state index contributed by atoms with van der Waals surface area (Å²) in [5.74, 6) is 0. The second-order valence-corrected chi connectivity index (χ2v) is 2.13. The van der Waals surface area contributed by atoms with Gasteiger partial charge in [-0.05, 0) is 6.92 Å². The lowest BCUT2D eigenvalue weighted by molar-refractivity contribution is 0.154. The number of benzene rings is 1. The van der Waals surface area contributed by atoms with Crippen LogP contribution in [0.5, 0.6) is 0 Å². The van der Waals surface area contributed by atoms with E-state index in [2.05, 4.69) is 10.1 Å². The largest absolute Gasteiger partial charge is 0.450 e. The van der Waals surface area contributed by atoms with Crippen LogP contribution in [0, 0.1) is 0 Å². The van der Waals surface area contributed by atoms with Crippen LogP contribution < -0.4 is 5.32 Å². The molecule has 0 spiro atoms. The molecule has 0 bridgehead atoms. The fourth-order valence-corrected chi connectivity index (χ4v) is 0.588. The normalized spacial score (nSPS) is 7.85. The highest BCUT2D eigenvalue weighted by Gasteiger charge is 1.89. The third-order valence-electron chi connectivity index (χ3n) is 1.15. The fourth-order valence-electron chi connectivity index (χ4n) is 0.588. The van der Waals surface area contributed by atoms with Crippen LogP contribution in [0.2, 0.25) is 0 Å². The van der Waals surface area contributed by atoms with Gasteiger partial charge in [0.2, 0.25) is 0 Å². The Labute approximate surface area is 78.7 Å². The van der Waals surface area contributed by atoms with E-state index < -0.39 is 0 Å². The molecule has 0 saturated heterocycles. The number of carbonyl (C=O) groups excluding carboxylic acids is 1. The first-order chi connectivity index (χ1) is 6.31. The Bertz CT molecular complexity index is 185. The molecule has 0 aliphatic heterocycles. The molecule has 0 aliphatic carbocycles. The van der Waals surface area contributed by atoms with E-state index >= 15 is 0 Å². The molecule has 1 rings (SSSR count). The number of rotatable bonds is 1. The summed E-state index contributed by atoms with van der Waals surface area (Å²) in [4.78, 5) is 10.1. The second kappa shape index (κ2) is 8.59. The number of amides is 1. The maximum atomic E-state index is 10.1. The van der Waals surface area contributed by atoms with Crippen molar-refractivity contribution in [2.75, 3.05) is 13.7 Å². The van der Waals surface area contributed by atoms with E-state index in [0.717, 1.165) is 0 Å². The van der Waals surface area contributed by atoms with Crippen LogP contribution in [0.1, 0.15) is 6.92 Å². The van der Waals surface area contributed by atoms with Gasteiger partial charge in [0.05, 0.1) is 6.61 Å². The number of carbonyl (C=O) groups is 1. The zero-order chi connectivity index (χ0) is 9.94. The molecule has 72 valence electrons. The first-order valence-electron chi connectivity index (χ1n) is 4.15. The van der Waals surface area contributed by atoms with Crippen molar-refractivity contribution in [3.8, 4) is 0 Å². The maximum absolute atomic E-state index is 10.1. The lowest BCUT2D eigenvalue weighted by Crippen LogP contribution is -2.18. The van der Waals surface area contributed by atoms with Crippen LogP contribution in [0.25, 0.3) is 0 Å². The van der Waals surface area contributed by atoms with Crippen LogP contribution in [-0.4, -0.2) is 19.7 Å². The minimum atomic E-state index is -0.373. The van der Waals surface area contributed by atoms with Gasteiger partial charge in [-0.1, -0.05) is 36.4 Å². The lowest BCUT2D eigenvalue weighted by Gasteiger charge is -1.95. The third kappa shape index (κ3) is 8.40. The van der Waals surface area contributed by atoms with Crippen LogP contribution in [0.4, 0.5) is 4.79 Å². The van der Waals surface area contributed by atoms with Crippen molar-refractivity contribution in [2.45, 2.75) is 6.92 Å². The predicted molar refractivity (Wildman–Crippen MR) is 52.5 cm³/mol. The summed E-state index contributed by atoms with van der Waals surface area (Å²) in [6, 6.07) is 12.0. The highest BCUT2D eigenvalue weighted by molar-refractivity contribution is 5.66. The number of alkyl carbamates (subject to hydrolysis) is 1. The molecule has 0 aromatic heterocycles. The van der Waals surface area contributed by atoms with Gasteiger partial charge in [0.1, 0.15) is 0 Å². The summed E-state index contributed by atoms with van der Waals surface area (Å²) >= 11 is 0. The zero-order valence-electron chi connectivity index (χ0n) is 7.99. The molecular formula is C10H15NO2. The standard InChI is InChI=1S/C6H6.C4H9NO2/c1-2-4-6-5-3-1;1-3-7-4(6)5-2/h1-6H;3H2,1-2H3,(H,5,6). The fraction of sp³-hybridized carbons (Fsp3) is 0.300. The summed E-state index contributed by atoms with van der Waals surface area (Å²) in [7, 11) is 1.53. The van der Waals surface area contributed by atoms with E-state index in [1.165, 1.54) is 7.05 Å². The SMILES string of the molecule is CCOC(=O)NC.c1ccccc1. The topological polar surface area (TPSA) is 38.3 Å². The molecule has 0 fully saturated rings. The molecule has 3 nitrogen and oxygen atoms in total. The Balaban J connectivity index is 0.000000223. The number of ether oxygens (including phenoxy) is 1. The van der Waals surface area contributed by atoms with Gasteiger partial charge in [0, 0.05) is 7.05 Å². The van der Waals surface area contributed by atoms with Crippen molar-refractivity contribution in [3.63, 3.8) is 0 Å². The van der Waals surface area contributed by atoms with Gasteiger partial charge in [-0.15, -0.1) is 0 Å². The van der Waals surface area contributed by atoms with Crippen molar-refractivity contribution in [3.05, 3.63) is 36.4 Å². The predicted octanol–water partition coefficient (Wildman–Crippen LogP) is 2.05. The zero-order valence-corrected chi connectivity index (χ0v) is 7.99. The Morgan fingerprint density at radius 1 is 1.15 bits per heavy atom. The summed E-state index contributed by atoms with van der Waals surface area (Å²) in [6.45, 7) is 2.19. The highest BCUT2D eigenvalue weighted by Crippen LogP contribution is 1.79. The molecule has 1 N–H and O–H groups in total. The van der Waals surface area contributed by atoms with Crippen molar-refractivity contribution >= 4 is 6.09 Å². The molecule has 1 aromatic carbocycles. The van der Waals surface area contributed by atoms with E-state index in [4.69, 9.17) is 0 Å². The maximum Gasteiger partial charge on any atom is 0.406 e. The van der Waals surface area contributed by atoms with Crippen molar-refractivity contribution in [1.29, 1.82) is 0 Å². The first-order valence-corrected chi connectivity index (χ1v) is 4.15. The monoisotopic (exact) mass is 181 g/mol. The van der Waals surface area contributed by atoms with Gasteiger partial charge in [0.25, 0.3) is 0 Å². The Morgan fingerprint density at radius 2 is 1.54 bits per heavy atom. The molecule has 0 radical (unpaired) electrons. The lowest BCUT2D eigenvalue weighted by atomic mass is 10.4. The summed E-state index contributed by atoms with van der Waals surface area (Å²) in [5, 5.41) is 2.30. The average molecular weight is 181 g/mol. The molecule has 0 aliphatic rings. The molecule has 3 heteroatoms. The Hall–Kier alpha value is -1.51. The smallest absolute Gasteiger partial charge is 0.406 e. The summed E-state index contributed by atoms with van der Waals surface area (Å²) in [5.41, 5.74) is 0. The van der Waals surface area contributed by atoms with Gasteiger partial charge in [-0.2, -0.15) is 0 Å². The van der Waals surface area contributed by atoms with E-state index in [9.17, 15) is 4.79 Å². The van der Waals surface area contributed by atoms with Gasteiger partial charge in [-0.3, -0.25) is 0 Å². The number of hydrogen-bond donors (Lipinski definition) is 1. The van der Waals surface area contributed by atoms with Crippen LogP contribution >= 0.6 is 0 Å². The molecule has 13 heavy (non-hydrogen) atoms. The van der Waals surface area contributed by atoms with Gasteiger partial charge in [-0.25, -0.2) is 4.79 Å². The molecule has 1 aromatic rings. The third-order valence-corrected chi connectivity index (χ3v) is 1.15. The van der Waals surface area contributed by atoms with Crippen LogP contribution in [-0.2, 0) is 4.74 Å². The van der Waals surface area contributed by atoms with Gasteiger partial charge >= 0.3 is 6.09 Å². The Kier molecular flexibility index (Phi) is 7.59. The first kappa shape index (κ1) is 11.5. The summed E-state index contributed by atoms with van der Waals surface area (Å²) in [6.07, 6.45) is -0.373. The Morgan fingerprint density at radius 3 is 1.69 bits per heavy atom. The van der Waals surface area contributed by atoms with E-state index in [-0.39, 0.29) is 6.09 Å². The molecule has 0 heterocycles.